The van der Waals surface area contributed by atoms with Gasteiger partial charge in [-0.3, -0.25) is 9.78 Å². The lowest BCUT2D eigenvalue weighted by molar-refractivity contribution is -0.128. The highest BCUT2D eigenvalue weighted by atomic mass is 32.2. The Kier molecular flexibility index (Phi) is 5.75. The standard InChI is InChI=1S/C20H21FN6OS/c1-25-19(15-6-8-22-9-7-15)23-24-20(25)29-14-18(28)27-12-10-26(11-13-27)17-4-2-16(21)3-5-17/h2-9H,10-14H2,1H3. The van der Waals surface area contributed by atoms with Gasteiger partial charge in [-0.15, -0.1) is 10.2 Å². The molecular weight excluding hydrogens is 391 g/mol. The van der Waals surface area contributed by atoms with E-state index in [0.29, 0.717) is 24.0 Å². The molecule has 1 aromatic carbocycles. The molecule has 9 heteroatoms. The zero-order chi connectivity index (χ0) is 20.2. The van der Waals surface area contributed by atoms with Crippen molar-refractivity contribution >= 4 is 23.4 Å². The van der Waals surface area contributed by atoms with Gasteiger partial charge in [-0.1, -0.05) is 11.8 Å². The average molecular weight is 412 g/mol. The number of hydrogen-bond donors (Lipinski definition) is 0. The number of carbonyl (C=O) groups excluding carboxylic acids is 1. The Morgan fingerprint density at radius 2 is 1.72 bits per heavy atom. The third-order valence-corrected chi connectivity index (χ3v) is 5.93. The highest BCUT2D eigenvalue weighted by Crippen LogP contribution is 2.23. The summed E-state index contributed by atoms with van der Waals surface area (Å²) < 4.78 is 15.0. The van der Waals surface area contributed by atoms with E-state index in [-0.39, 0.29) is 11.7 Å². The van der Waals surface area contributed by atoms with Crippen molar-refractivity contribution in [1.29, 1.82) is 0 Å². The average Bonchev–Trinajstić information content (AvgIpc) is 3.13. The SMILES string of the molecule is Cn1c(SCC(=O)N2CCN(c3ccc(F)cc3)CC2)nnc1-c1ccncc1. The topological polar surface area (TPSA) is 67.2 Å². The van der Waals surface area contributed by atoms with Gasteiger partial charge in [-0.25, -0.2) is 4.39 Å². The summed E-state index contributed by atoms with van der Waals surface area (Å²) in [5, 5.41) is 9.15. The summed E-state index contributed by atoms with van der Waals surface area (Å²) in [6, 6.07) is 10.2. The number of carbonyl (C=O) groups is 1. The normalized spacial score (nSPS) is 14.3. The van der Waals surface area contributed by atoms with E-state index in [4.69, 9.17) is 0 Å². The van der Waals surface area contributed by atoms with Crippen molar-refractivity contribution in [2.75, 3.05) is 36.8 Å². The van der Waals surface area contributed by atoms with Crippen LogP contribution in [0.15, 0.2) is 53.9 Å². The summed E-state index contributed by atoms with van der Waals surface area (Å²) in [5.74, 6) is 0.909. The second-order valence-corrected chi connectivity index (χ2v) is 7.68. The molecular formula is C20H21FN6OS. The first-order chi connectivity index (χ1) is 14.1. The molecule has 29 heavy (non-hydrogen) atoms. The molecule has 0 aliphatic carbocycles. The summed E-state index contributed by atoms with van der Waals surface area (Å²) in [7, 11) is 1.89. The lowest BCUT2D eigenvalue weighted by atomic mass is 10.2. The molecule has 4 rings (SSSR count). The molecule has 0 N–H and O–H groups in total. The van der Waals surface area contributed by atoms with E-state index in [1.54, 1.807) is 24.5 Å². The number of anilines is 1. The molecule has 1 fully saturated rings. The van der Waals surface area contributed by atoms with Crippen molar-refractivity contribution in [2.45, 2.75) is 5.16 Å². The summed E-state index contributed by atoms with van der Waals surface area (Å²) >= 11 is 1.39. The van der Waals surface area contributed by atoms with Gasteiger partial charge in [-0.05, 0) is 36.4 Å². The molecule has 3 aromatic rings. The number of rotatable bonds is 5. The maximum absolute atomic E-state index is 13.1. The predicted molar refractivity (Wildman–Crippen MR) is 110 cm³/mol. The van der Waals surface area contributed by atoms with Gasteiger partial charge in [0.05, 0.1) is 5.75 Å². The molecule has 1 aliphatic heterocycles. The number of amides is 1. The van der Waals surface area contributed by atoms with Crippen molar-refractivity contribution < 1.29 is 9.18 Å². The zero-order valence-corrected chi connectivity index (χ0v) is 16.8. The van der Waals surface area contributed by atoms with Crippen LogP contribution in [-0.4, -0.2) is 62.5 Å². The Morgan fingerprint density at radius 1 is 1.03 bits per heavy atom. The van der Waals surface area contributed by atoms with Gasteiger partial charge < -0.3 is 14.4 Å². The molecule has 150 valence electrons. The smallest absolute Gasteiger partial charge is 0.233 e. The second-order valence-electron chi connectivity index (χ2n) is 6.73. The van der Waals surface area contributed by atoms with Gasteiger partial charge in [-0.2, -0.15) is 0 Å². The van der Waals surface area contributed by atoms with E-state index in [9.17, 15) is 9.18 Å². The predicted octanol–water partition coefficient (Wildman–Crippen LogP) is 2.46. The Morgan fingerprint density at radius 3 is 2.41 bits per heavy atom. The quantitative estimate of drug-likeness (QED) is 0.600. The Balaban J connectivity index is 1.31. The number of benzene rings is 1. The van der Waals surface area contributed by atoms with E-state index in [1.165, 1.54) is 23.9 Å². The van der Waals surface area contributed by atoms with Crippen molar-refractivity contribution in [1.82, 2.24) is 24.6 Å². The first-order valence-electron chi connectivity index (χ1n) is 9.33. The monoisotopic (exact) mass is 412 g/mol. The molecule has 0 saturated carbocycles. The minimum atomic E-state index is -0.240. The van der Waals surface area contributed by atoms with Crippen LogP contribution in [0, 0.1) is 5.82 Å². The molecule has 0 radical (unpaired) electrons. The molecule has 7 nitrogen and oxygen atoms in total. The molecule has 3 heterocycles. The van der Waals surface area contributed by atoms with Crippen LogP contribution in [-0.2, 0) is 11.8 Å². The van der Waals surface area contributed by atoms with Crippen molar-refractivity contribution in [3.8, 4) is 11.4 Å². The van der Waals surface area contributed by atoms with Crippen LogP contribution in [0.25, 0.3) is 11.4 Å². The van der Waals surface area contributed by atoms with E-state index in [1.807, 2.05) is 28.6 Å². The summed E-state index contributed by atoms with van der Waals surface area (Å²) in [6.45, 7) is 2.77. The van der Waals surface area contributed by atoms with Crippen LogP contribution in [0.5, 0.6) is 0 Å². The molecule has 1 amide bonds. The van der Waals surface area contributed by atoms with Gasteiger partial charge in [0.25, 0.3) is 0 Å². The molecule has 0 bridgehead atoms. The lowest BCUT2D eigenvalue weighted by Crippen LogP contribution is -2.49. The number of piperazine rings is 1. The number of thioether (sulfide) groups is 1. The summed E-state index contributed by atoms with van der Waals surface area (Å²) in [4.78, 5) is 20.7. The highest BCUT2D eigenvalue weighted by molar-refractivity contribution is 7.99. The third kappa shape index (κ3) is 4.40. The number of hydrogen-bond acceptors (Lipinski definition) is 6. The fraction of sp³-hybridized carbons (Fsp3) is 0.300. The number of aromatic nitrogens is 4. The van der Waals surface area contributed by atoms with Crippen LogP contribution in [0.4, 0.5) is 10.1 Å². The van der Waals surface area contributed by atoms with E-state index >= 15 is 0 Å². The van der Waals surface area contributed by atoms with Crippen LogP contribution < -0.4 is 4.90 Å². The Bertz CT molecular complexity index is 970. The molecule has 1 aliphatic rings. The minimum absolute atomic E-state index is 0.0854. The fourth-order valence-corrected chi connectivity index (χ4v) is 4.09. The van der Waals surface area contributed by atoms with E-state index in [2.05, 4.69) is 20.1 Å². The molecule has 2 aromatic heterocycles. The molecule has 0 unspecified atom stereocenters. The summed E-state index contributed by atoms with van der Waals surface area (Å²) in [5.41, 5.74) is 1.92. The van der Waals surface area contributed by atoms with Crippen LogP contribution in [0.2, 0.25) is 0 Å². The van der Waals surface area contributed by atoms with Gasteiger partial charge in [0.2, 0.25) is 5.91 Å². The lowest BCUT2D eigenvalue weighted by Gasteiger charge is -2.36. The maximum atomic E-state index is 13.1. The Labute approximate surface area is 172 Å². The van der Waals surface area contributed by atoms with Crippen molar-refractivity contribution in [2.24, 2.45) is 7.05 Å². The first kappa shape index (κ1) is 19.4. The van der Waals surface area contributed by atoms with Gasteiger partial charge in [0.1, 0.15) is 5.82 Å². The van der Waals surface area contributed by atoms with Gasteiger partial charge >= 0.3 is 0 Å². The van der Waals surface area contributed by atoms with Crippen LogP contribution in [0.1, 0.15) is 0 Å². The minimum Gasteiger partial charge on any atom is -0.368 e. The van der Waals surface area contributed by atoms with Crippen molar-refractivity contribution in [3.63, 3.8) is 0 Å². The second kappa shape index (κ2) is 8.60. The summed E-state index contributed by atoms with van der Waals surface area (Å²) in [6.07, 6.45) is 3.43. The van der Waals surface area contributed by atoms with Crippen LogP contribution in [0.3, 0.4) is 0 Å². The Hall–Kier alpha value is -2.94. The van der Waals surface area contributed by atoms with Crippen molar-refractivity contribution in [3.05, 3.63) is 54.6 Å². The fourth-order valence-electron chi connectivity index (χ4n) is 3.28. The largest absolute Gasteiger partial charge is 0.368 e. The van der Waals surface area contributed by atoms with E-state index in [0.717, 1.165) is 30.2 Å². The molecule has 0 spiro atoms. The molecule has 0 atom stereocenters. The zero-order valence-electron chi connectivity index (χ0n) is 16.0. The number of pyridine rings is 1. The van der Waals surface area contributed by atoms with Gasteiger partial charge in [0.15, 0.2) is 11.0 Å². The number of halogens is 1. The third-order valence-electron chi connectivity index (χ3n) is 4.92. The first-order valence-corrected chi connectivity index (χ1v) is 10.3. The highest BCUT2D eigenvalue weighted by Gasteiger charge is 2.22. The number of nitrogens with zero attached hydrogens (tertiary/aromatic N) is 6. The maximum Gasteiger partial charge on any atom is 0.233 e. The van der Waals surface area contributed by atoms with E-state index < -0.39 is 0 Å². The van der Waals surface area contributed by atoms with Crippen LogP contribution >= 0.6 is 11.8 Å². The molecule has 1 saturated heterocycles. The van der Waals surface area contributed by atoms with Gasteiger partial charge in [0, 0.05) is 56.9 Å².